The van der Waals surface area contributed by atoms with E-state index < -0.39 is 16.8 Å². The molecule has 0 amide bonds. The zero-order valence-corrected chi connectivity index (χ0v) is 8.52. The van der Waals surface area contributed by atoms with Gasteiger partial charge < -0.3 is 14.9 Å². The molecular formula is C10H7N3O4. The molecule has 0 N–H and O–H groups in total. The van der Waals surface area contributed by atoms with Crippen LogP contribution in [0.5, 0.6) is 5.75 Å². The maximum atomic E-state index is 11.5. The van der Waals surface area contributed by atoms with Crippen molar-refractivity contribution < 1.29 is 14.5 Å². The van der Waals surface area contributed by atoms with Gasteiger partial charge in [-0.2, -0.15) is 0 Å². The molecule has 1 aromatic carbocycles. The van der Waals surface area contributed by atoms with Crippen molar-refractivity contribution in [3.63, 3.8) is 0 Å². The minimum absolute atomic E-state index is 0.355. The van der Waals surface area contributed by atoms with Crippen LogP contribution in [0.1, 0.15) is 0 Å². The molecule has 2 rings (SSSR count). The van der Waals surface area contributed by atoms with Crippen LogP contribution in [0.3, 0.4) is 0 Å². The lowest BCUT2D eigenvalue weighted by Gasteiger charge is -2.01. The van der Waals surface area contributed by atoms with Crippen LogP contribution in [-0.2, 0) is 0 Å². The Morgan fingerprint density at radius 1 is 1.35 bits per heavy atom. The van der Waals surface area contributed by atoms with Gasteiger partial charge in [-0.15, -0.1) is 0 Å². The summed E-state index contributed by atoms with van der Waals surface area (Å²) < 4.78 is 5.86. The fraction of sp³-hybridized carbons (Fsp3) is 0. The highest BCUT2D eigenvalue weighted by molar-refractivity contribution is 5.73. The molecule has 7 nitrogen and oxygen atoms in total. The second-order valence-electron chi connectivity index (χ2n) is 3.08. The molecule has 0 fully saturated rings. The van der Waals surface area contributed by atoms with Gasteiger partial charge in [-0.1, -0.05) is 18.2 Å². The van der Waals surface area contributed by atoms with E-state index in [1.165, 1.54) is 0 Å². The maximum Gasteiger partial charge on any atom is 0.426 e. The van der Waals surface area contributed by atoms with Crippen molar-refractivity contribution in [3.05, 3.63) is 53.0 Å². The molecule has 86 valence electrons. The van der Waals surface area contributed by atoms with E-state index >= 15 is 0 Å². The number of ether oxygens (including phenoxy) is 1. The van der Waals surface area contributed by atoms with Crippen LogP contribution in [0.2, 0.25) is 0 Å². The van der Waals surface area contributed by atoms with Crippen molar-refractivity contribution in [2.24, 2.45) is 0 Å². The van der Waals surface area contributed by atoms with Crippen LogP contribution >= 0.6 is 0 Å². The van der Waals surface area contributed by atoms with Crippen LogP contribution in [0.25, 0.3) is 0 Å². The molecule has 17 heavy (non-hydrogen) atoms. The molecule has 0 atom stereocenters. The Balaban J connectivity index is 2.12. The van der Waals surface area contributed by atoms with Crippen LogP contribution in [0, 0.1) is 10.1 Å². The summed E-state index contributed by atoms with van der Waals surface area (Å²) in [4.78, 5) is 24.7. The highest BCUT2D eigenvalue weighted by Crippen LogP contribution is 2.11. The molecule has 0 aliphatic heterocycles. The number of rotatable bonds is 2. The van der Waals surface area contributed by atoms with Crippen LogP contribution in [-0.4, -0.2) is 20.6 Å². The zero-order valence-electron chi connectivity index (χ0n) is 8.52. The third kappa shape index (κ3) is 2.46. The number of para-hydroxylation sites is 1. The van der Waals surface area contributed by atoms with E-state index in [1.54, 1.807) is 30.3 Å². The normalized spacial score (nSPS) is 9.88. The van der Waals surface area contributed by atoms with E-state index in [2.05, 4.69) is 4.98 Å². The van der Waals surface area contributed by atoms with Gasteiger partial charge in [0.2, 0.25) is 6.33 Å². The first-order valence-electron chi connectivity index (χ1n) is 4.62. The van der Waals surface area contributed by atoms with Crippen LogP contribution in [0.15, 0.2) is 42.9 Å². The summed E-state index contributed by atoms with van der Waals surface area (Å²) >= 11 is 0. The minimum Gasteiger partial charge on any atom is -0.410 e. The summed E-state index contributed by atoms with van der Waals surface area (Å²) in [7, 11) is 0. The van der Waals surface area contributed by atoms with E-state index in [4.69, 9.17) is 4.74 Å². The second-order valence-corrected chi connectivity index (χ2v) is 3.08. The first kappa shape index (κ1) is 10.8. The third-order valence-corrected chi connectivity index (χ3v) is 1.92. The van der Waals surface area contributed by atoms with Gasteiger partial charge >= 0.3 is 11.9 Å². The van der Waals surface area contributed by atoms with Crippen molar-refractivity contribution in [2.45, 2.75) is 0 Å². The number of hydrogen-bond acceptors (Lipinski definition) is 5. The van der Waals surface area contributed by atoms with Gasteiger partial charge in [0.05, 0.1) is 0 Å². The Hall–Kier alpha value is -2.70. The van der Waals surface area contributed by atoms with Gasteiger partial charge in [0.25, 0.3) is 0 Å². The van der Waals surface area contributed by atoms with E-state index in [1.807, 2.05) is 0 Å². The maximum absolute atomic E-state index is 11.5. The van der Waals surface area contributed by atoms with Crippen molar-refractivity contribution >= 4 is 11.9 Å². The first-order chi connectivity index (χ1) is 8.16. The Morgan fingerprint density at radius 2 is 2.06 bits per heavy atom. The average molecular weight is 233 g/mol. The lowest BCUT2D eigenvalue weighted by molar-refractivity contribution is -0.389. The van der Waals surface area contributed by atoms with Crippen LogP contribution < -0.4 is 4.74 Å². The predicted octanol–water partition coefficient (Wildman–Crippen LogP) is 1.84. The van der Waals surface area contributed by atoms with Gasteiger partial charge in [0.15, 0.2) is 0 Å². The molecule has 1 aromatic heterocycles. The van der Waals surface area contributed by atoms with Gasteiger partial charge in [-0.25, -0.2) is 9.36 Å². The summed E-state index contributed by atoms with van der Waals surface area (Å²) in [5, 5.41) is 10.4. The third-order valence-electron chi connectivity index (χ3n) is 1.92. The summed E-state index contributed by atoms with van der Waals surface area (Å²) in [5.74, 6) is -0.0520. The smallest absolute Gasteiger partial charge is 0.410 e. The molecular weight excluding hydrogens is 226 g/mol. The largest absolute Gasteiger partial charge is 0.426 e. The van der Waals surface area contributed by atoms with Crippen molar-refractivity contribution in [1.82, 2.24) is 9.55 Å². The summed E-state index contributed by atoms with van der Waals surface area (Å²) in [5.41, 5.74) is 0. The van der Waals surface area contributed by atoms with Crippen molar-refractivity contribution in [3.8, 4) is 5.75 Å². The number of aromatic nitrogens is 2. The number of carbonyl (C=O) groups excluding carboxylic acids is 1. The van der Waals surface area contributed by atoms with Gasteiger partial charge in [0.1, 0.15) is 11.9 Å². The number of benzene rings is 1. The van der Waals surface area contributed by atoms with E-state index in [0.29, 0.717) is 5.75 Å². The number of imidazole rings is 1. The molecule has 0 unspecified atom stereocenters. The fourth-order valence-electron chi connectivity index (χ4n) is 1.15. The molecule has 1 heterocycles. The second kappa shape index (κ2) is 4.44. The topological polar surface area (TPSA) is 87.3 Å². The highest BCUT2D eigenvalue weighted by Gasteiger charge is 2.15. The van der Waals surface area contributed by atoms with Crippen molar-refractivity contribution in [1.29, 1.82) is 0 Å². The van der Waals surface area contributed by atoms with Crippen molar-refractivity contribution in [2.75, 3.05) is 0 Å². The monoisotopic (exact) mass is 233 g/mol. The summed E-state index contributed by atoms with van der Waals surface area (Å²) in [6, 6.07) is 8.39. The van der Waals surface area contributed by atoms with Crippen LogP contribution in [0.4, 0.5) is 10.6 Å². The molecule has 0 aliphatic carbocycles. The molecule has 2 aromatic rings. The molecule has 7 heteroatoms. The predicted molar refractivity (Wildman–Crippen MR) is 56.7 cm³/mol. The Kier molecular flexibility index (Phi) is 2.82. The Bertz CT molecular complexity index is 550. The molecule has 0 bridgehead atoms. The molecule has 0 radical (unpaired) electrons. The Morgan fingerprint density at radius 3 is 2.65 bits per heavy atom. The zero-order chi connectivity index (χ0) is 12.3. The Labute approximate surface area is 95.4 Å². The average Bonchev–Trinajstić information content (AvgIpc) is 2.79. The van der Waals surface area contributed by atoms with E-state index in [9.17, 15) is 14.9 Å². The number of hydrogen-bond donors (Lipinski definition) is 0. The van der Waals surface area contributed by atoms with Gasteiger partial charge in [0, 0.05) is 0 Å². The van der Waals surface area contributed by atoms with Gasteiger partial charge in [-0.3, -0.25) is 0 Å². The fourth-order valence-corrected chi connectivity index (χ4v) is 1.15. The molecule has 0 spiro atoms. The highest BCUT2D eigenvalue weighted by atomic mass is 16.6. The quantitative estimate of drug-likeness (QED) is 0.583. The number of nitrogens with zero attached hydrogens (tertiary/aromatic N) is 3. The number of nitro groups is 1. The lowest BCUT2D eigenvalue weighted by atomic mass is 10.3. The van der Waals surface area contributed by atoms with E-state index in [0.717, 1.165) is 17.1 Å². The van der Waals surface area contributed by atoms with E-state index in [-0.39, 0.29) is 0 Å². The van der Waals surface area contributed by atoms with Gasteiger partial charge in [-0.05, 0) is 22.0 Å². The summed E-state index contributed by atoms with van der Waals surface area (Å²) in [6.45, 7) is 0. The molecule has 0 aliphatic rings. The lowest BCUT2D eigenvalue weighted by Crippen LogP contribution is -2.14. The SMILES string of the molecule is O=C(Oc1ccccc1)n1cnc([N+](=O)[O-])c1. The molecule has 0 saturated carbocycles. The first-order valence-corrected chi connectivity index (χ1v) is 4.62. The number of carbonyl (C=O) groups is 1. The standard InChI is InChI=1S/C10H7N3O4/c14-10(17-8-4-2-1-3-5-8)12-6-9(11-7-12)13(15)16/h1-7H. The molecule has 0 saturated heterocycles. The minimum atomic E-state index is -0.753. The summed E-state index contributed by atoms with van der Waals surface area (Å²) in [6.07, 6.45) is 1.27.